The van der Waals surface area contributed by atoms with Gasteiger partial charge in [0.25, 0.3) is 0 Å². The Bertz CT molecular complexity index is 153. The maximum atomic E-state index is 3.82. The first-order valence-corrected chi connectivity index (χ1v) is 6.46. The summed E-state index contributed by atoms with van der Waals surface area (Å²) in [7, 11) is 0. The van der Waals surface area contributed by atoms with E-state index in [0.29, 0.717) is 12.0 Å². The highest BCUT2D eigenvalue weighted by Gasteiger charge is 2.05. The Balaban J connectivity index is 3.38. The van der Waals surface area contributed by atoms with E-state index < -0.39 is 0 Å². The van der Waals surface area contributed by atoms with E-state index in [0.717, 1.165) is 12.5 Å². The van der Waals surface area contributed by atoms with E-state index >= 15 is 0 Å². The highest BCUT2D eigenvalue weighted by Crippen LogP contribution is 2.09. The van der Waals surface area contributed by atoms with E-state index in [1.165, 1.54) is 25.7 Å². The van der Waals surface area contributed by atoms with Crippen molar-refractivity contribution in [2.75, 3.05) is 6.54 Å². The topological polar surface area (TPSA) is 12.0 Å². The van der Waals surface area contributed by atoms with E-state index in [9.17, 15) is 0 Å². The van der Waals surface area contributed by atoms with Gasteiger partial charge in [-0.05, 0) is 44.6 Å². The molecule has 0 saturated heterocycles. The van der Waals surface area contributed by atoms with Crippen LogP contribution >= 0.6 is 0 Å². The van der Waals surface area contributed by atoms with Crippen molar-refractivity contribution in [1.82, 2.24) is 5.32 Å². The lowest BCUT2D eigenvalue weighted by Gasteiger charge is -2.16. The summed E-state index contributed by atoms with van der Waals surface area (Å²) in [6.07, 6.45) is 7.21. The zero-order valence-electron chi connectivity index (χ0n) is 11.1. The first-order valence-electron chi connectivity index (χ1n) is 6.46. The third kappa shape index (κ3) is 8.68. The molecule has 0 aromatic rings. The van der Waals surface area contributed by atoms with Crippen LogP contribution < -0.4 is 5.32 Å². The van der Waals surface area contributed by atoms with Crippen molar-refractivity contribution >= 4 is 0 Å². The predicted octanol–water partition coefficient (Wildman–Crippen LogP) is 4.00. The Morgan fingerprint density at radius 1 is 1.27 bits per heavy atom. The summed E-state index contributed by atoms with van der Waals surface area (Å²) >= 11 is 0. The van der Waals surface area contributed by atoms with Gasteiger partial charge in [0.05, 0.1) is 0 Å². The lowest BCUT2D eigenvalue weighted by molar-refractivity contribution is 0.431. The van der Waals surface area contributed by atoms with Crippen LogP contribution in [0.25, 0.3) is 0 Å². The zero-order chi connectivity index (χ0) is 11.7. The number of allylic oxidation sites excluding steroid dienone is 1. The molecule has 0 aliphatic heterocycles. The molecular weight excluding hydrogens is 182 g/mol. The lowest BCUT2D eigenvalue weighted by Crippen LogP contribution is -2.28. The molecule has 1 heteroatoms. The molecule has 1 N–H and O–H groups in total. The van der Waals surface area contributed by atoms with Gasteiger partial charge in [0.15, 0.2) is 0 Å². The summed E-state index contributed by atoms with van der Waals surface area (Å²) in [5.41, 5.74) is 0. The normalized spacial score (nSPS) is 17.1. The van der Waals surface area contributed by atoms with Crippen LogP contribution in [0.1, 0.15) is 53.4 Å². The molecule has 1 nitrogen and oxygen atoms in total. The van der Waals surface area contributed by atoms with Crippen molar-refractivity contribution in [1.29, 1.82) is 0 Å². The molecule has 0 radical (unpaired) electrons. The second-order valence-corrected chi connectivity index (χ2v) is 4.96. The zero-order valence-corrected chi connectivity index (χ0v) is 11.1. The van der Waals surface area contributed by atoms with E-state index in [-0.39, 0.29) is 0 Å². The number of rotatable bonds is 9. The van der Waals surface area contributed by atoms with Crippen LogP contribution in [0.2, 0.25) is 0 Å². The van der Waals surface area contributed by atoms with Crippen LogP contribution in [0, 0.1) is 11.8 Å². The molecule has 0 aliphatic rings. The van der Waals surface area contributed by atoms with Gasteiger partial charge in [0.1, 0.15) is 0 Å². The Hall–Kier alpha value is -0.300. The lowest BCUT2D eigenvalue weighted by atomic mass is 10.0. The molecule has 3 unspecified atom stereocenters. The van der Waals surface area contributed by atoms with Crippen molar-refractivity contribution < 1.29 is 0 Å². The summed E-state index contributed by atoms with van der Waals surface area (Å²) in [6, 6.07) is 0.620. The SMILES string of the molecule is C=CC(C)CC(C)NCCCC(C)CC. The Morgan fingerprint density at radius 3 is 2.47 bits per heavy atom. The number of hydrogen-bond donors (Lipinski definition) is 1. The fourth-order valence-corrected chi connectivity index (χ4v) is 1.74. The first kappa shape index (κ1) is 14.7. The van der Waals surface area contributed by atoms with Gasteiger partial charge in [-0.2, -0.15) is 0 Å². The van der Waals surface area contributed by atoms with Crippen molar-refractivity contribution in [2.24, 2.45) is 11.8 Å². The van der Waals surface area contributed by atoms with Gasteiger partial charge in [-0.1, -0.05) is 33.3 Å². The van der Waals surface area contributed by atoms with E-state index in [1.807, 2.05) is 6.08 Å². The summed E-state index contributed by atoms with van der Waals surface area (Å²) in [6.45, 7) is 14.1. The highest BCUT2D eigenvalue weighted by molar-refractivity contribution is 4.78. The number of nitrogens with one attached hydrogen (secondary N) is 1. The monoisotopic (exact) mass is 211 g/mol. The molecule has 15 heavy (non-hydrogen) atoms. The second kappa shape index (κ2) is 8.96. The van der Waals surface area contributed by atoms with Crippen LogP contribution in [-0.4, -0.2) is 12.6 Å². The Labute approximate surface area is 96.3 Å². The molecule has 0 heterocycles. The van der Waals surface area contributed by atoms with Crippen molar-refractivity contribution in [3.05, 3.63) is 12.7 Å². The summed E-state index contributed by atoms with van der Waals surface area (Å²) in [5.74, 6) is 1.51. The summed E-state index contributed by atoms with van der Waals surface area (Å²) in [4.78, 5) is 0. The van der Waals surface area contributed by atoms with Gasteiger partial charge >= 0.3 is 0 Å². The summed E-state index contributed by atoms with van der Waals surface area (Å²) < 4.78 is 0. The van der Waals surface area contributed by atoms with E-state index in [2.05, 4.69) is 39.6 Å². The van der Waals surface area contributed by atoms with Crippen LogP contribution in [0.3, 0.4) is 0 Å². The molecular formula is C14H29N. The maximum absolute atomic E-state index is 3.82. The van der Waals surface area contributed by atoms with Crippen LogP contribution in [0.4, 0.5) is 0 Å². The van der Waals surface area contributed by atoms with Gasteiger partial charge in [0, 0.05) is 6.04 Å². The smallest absolute Gasteiger partial charge is 0.00442 e. The predicted molar refractivity (Wildman–Crippen MR) is 70.1 cm³/mol. The molecule has 0 amide bonds. The summed E-state index contributed by atoms with van der Waals surface area (Å²) in [5, 5.41) is 3.58. The van der Waals surface area contributed by atoms with Gasteiger partial charge in [-0.15, -0.1) is 6.58 Å². The highest BCUT2D eigenvalue weighted by atomic mass is 14.9. The molecule has 0 aromatic carbocycles. The molecule has 0 aliphatic carbocycles. The minimum Gasteiger partial charge on any atom is -0.314 e. The number of hydrogen-bond acceptors (Lipinski definition) is 1. The average molecular weight is 211 g/mol. The van der Waals surface area contributed by atoms with Crippen LogP contribution in [-0.2, 0) is 0 Å². The molecule has 0 spiro atoms. The van der Waals surface area contributed by atoms with Gasteiger partial charge in [-0.3, -0.25) is 0 Å². The molecule has 0 bridgehead atoms. The van der Waals surface area contributed by atoms with Crippen LogP contribution in [0.15, 0.2) is 12.7 Å². The quantitative estimate of drug-likeness (QED) is 0.449. The maximum Gasteiger partial charge on any atom is 0.00442 e. The van der Waals surface area contributed by atoms with Gasteiger partial charge in [0.2, 0.25) is 0 Å². The molecule has 3 atom stereocenters. The van der Waals surface area contributed by atoms with Gasteiger partial charge < -0.3 is 5.32 Å². The Morgan fingerprint density at radius 2 is 1.93 bits per heavy atom. The third-order valence-corrected chi connectivity index (χ3v) is 3.19. The minimum atomic E-state index is 0.620. The van der Waals surface area contributed by atoms with Gasteiger partial charge in [-0.25, -0.2) is 0 Å². The minimum absolute atomic E-state index is 0.620. The average Bonchev–Trinajstić information content (AvgIpc) is 2.23. The molecule has 0 saturated carbocycles. The largest absolute Gasteiger partial charge is 0.314 e. The standard InChI is InChI=1S/C14H29N/c1-6-12(3)9-8-10-15-14(5)11-13(4)7-2/h7,12-15H,2,6,8-11H2,1,3-5H3. The fourth-order valence-electron chi connectivity index (χ4n) is 1.74. The van der Waals surface area contributed by atoms with Crippen LogP contribution in [0.5, 0.6) is 0 Å². The van der Waals surface area contributed by atoms with E-state index in [1.54, 1.807) is 0 Å². The van der Waals surface area contributed by atoms with E-state index in [4.69, 9.17) is 0 Å². The second-order valence-electron chi connectivity index (χ2n) is 4.96. The first-order chi connectivity index (χ1) is 7.10. The molecule has 0 rings (SSSR count). The van der Waals surface area contributed by atoms with Crippen molar-refractivity contribution in [3.8, 4) is 0 Å². The third-order valence-electron chi connectivity index (χ3n) is 3.19. The fraction of sp³-hybridized carbons (Fsp3) is 0.857. The Kier molecular flexibility index (Phi) is 8.79. The van der Waals surface area contributed by atoms with Crippen molar-refractivity contribution in [3.63, 3.8) is 0 Å². The molecule has 0 aromatic heterocycles. The molecule has 0 fully saturated rings. The van der Waals surface area contributed by atoms with Crippen molar-refractivity contribution in [2.45, 2.75) is 59.4 Å². The molecule has 90 valence electrons.